The zero-order chi connectivity index (χ0) is 16.5. The number of likely N-dealkylation sites (tertiary alicyclic amines) is 1. The van der Waals surface area contributed by atoms with E-state index < -0.39 is 6.10 Å². The molecular formula is C17H26N2O3S. The van der Waals surface area contributed by atoms with Gasteiger partial charge in [-0.05, 0) is 49.0 Å². The molecule has 1 aliphatic rings. The SMILES string of the molecule is O=C(/C=C/c1cc(CO)cs1)NCC(O)CN1CCCCCC1. The molecule has 1 unspecified atom stereocenters. The van der Waals surface area contributed by atoms with Crippen LogP contribution in [0.4, 0.5) is 0 Å². The molecule has 0 aliphatic carbocycles. The quantitative estimate of drug-likeness (QED) is 0.661. The molecule has 3 N–H and O–H groups in total. The third-order valence-electron chi connectivity index (χ3n) is 3.94. The van der Waals surface area contributed by atoms with Crippen LogP contribution in [0.25, 0.3) is 6.08 Å². The van der Waals surface area contributed by atoms with Gasteiger partial charge in [-0.1, -0.05) is 12.8 Å². The summed E-state index contributed by atoms with van der Waals surface area (Å²) in [6.45, 7) is 2.98. The van der Waals surface area contributed by atoms with Gasteiger partial charge in [0.15, 0.2) is 0 Å². The summed E-state index contributed by atoms with van der Waals surface area (Å²) in [6.07, 6.45) is 7.58. The summed E-state index contributed by atoms with van der Waals surface area (Å²) in [5, 5.41) is 23.6. The van der Waals surface area contributed by atoms with Gasteiger partial charge in [-0.3, -0.25) is 4.79 Å². The van der Waals surface area contributed by atoms with Crippen molar-refractivity contribution in [2.45, 2.75) is 38.4 Å². The third-order valence-corrected chi connectivity index (χ3v) is 4.88. The van der Waals surface area contributed by atoms with Crippen LogP contribution in [0.2, 0.25) is 0 Å². The minimum absolute atomic E-state index is 0.0131. The normalized spacial score (nSPS) is 18.0. The van der Waals surface area contributed by atoms with Gasteiger partial charge < -0.3 is 20.4 Å². The van der Waals surface area contributed by atoms with Crippen LogP contribution in [0.1, 0.15) is 36.1 Å². The standard InChI is InChI=1S/C17H26N2O3S/c20-12-14-9-16(23-13-14)5-6-17(22)18-10-15(21)11-19-7-3-1-2-4-8-19/h5-6,9,13,15,20-21H,1-4,7-8,10-12H2,(H,18,22)/b6-5+. The maximum absolute atomic E-state index is 11.8. The number of hydrogen-bond acceptors (Lipinski definition) is 5. The smallest absolute Gasteiger partial charge is 0.244 e. The zero-order valence-corrected chi connectivity index (χ0v) is 14.2. The van der Waals surface area contributed by atoms with E-state index >= 15 is 0 Å². The Morgan fingerprint density at radius 2 is 2.09 bits per heavy atom. The molecule has 0 spiro atoms. The maximum atomic E-state index is 11.8. The number of thiophene rings is 1. The lowest BCUT2D eigenvalue weighted by Crippen LogP contribution is -2.40. The first-order chi connectivity index (χ1) is 11.2. The van der Waals surface area contributed by atoms with Crippen LogP contribution in [0, 0.1) is 0 Å². The molecule has 23 heavy (non-hydrogen) atoms. The number of carbonyl (C=O) groups is 1. The first-order valence-electron chi connectivity index (χ1n) is 8.22. The number of β-amino-alcohol motifs (C(OH)–C–C–N with tert-alkyl or cyclic N) is 1. The molecule has 0 saturated carbocycles. The second-order valence-corrected chi connectivity index (χ2v) is 6.91. The first-order valence-corrected chi connectivity index (χ1v) is 9.10. The maximum Gasteiger partial charge on any atom is 0.244 e. The van der Waals surface area contributed by atoms with E-state index in [9.17, 15) is 9.90 Å². The molecule has 0 radical (unpaired) electrons. The van der Waals surface area contributed by atoms with Crippen molar-refractivity contribution in [2.24, 2.45) is 0 Å². The average molecular weight is 338 g/mol. The summed E-state index contributed by atoms with van der Waals surface area (Å²) in [4.78, 5) is 15.0. The number of nitrogens with zero attached hydrogens (tertiary/aromatic N) is 1. The highest BCUT2D eigenvalue weighted by Crippen LogP contribution is 2.16. The summed E-state index contributed by atoms with van der Waals surface area (Å²) >= 11 is 1.48. The lowest BCUT2D eigenvalue weighted by molar-refractivity contribution is -0.116. The van der Waals surface area contributed by atoms with E-state index in [0.29, 0.717) is 6.54 Å². The fourth-order valence-electron chi connectivity index (χ4n) is 2.68. The molecule has 0 aromatic carbocycles. The Morgan fingerprint density at radius 3 is 2.74 bits per heavy atom. The number of aliphatic hydroxyl groups excluding tert-OH is 2. The Balaban J connectivity index is 1.68. The van der Waals surface area contributed by atoms with Gasteiger partial charge in [0, 0.05) is 24.0 Å². The number of amides is 1. The van der Waals surface area contributed by atoms with E-state index in [0.717, 1.165) is 23.5 Å². The highest BCUT2D eigenvalue weighted by atomic mass is 32.1. The van der Waals surface area contributed by atoms with Gasteiger partial charge in [-0.25, -0.2) is 0 Å². The fourth-order valence-corrected chi connectivity index (χ4v) is 3.48. The van der Waals surface area contributed by atoms with Crippen LogP contribution < -0.4 is 5.32 Å². The highest BCUT2D eigenvalue weighted by molar-refractivity contribution is 7.11. The summed E-state index contributed by atoms with van der Waals surface area (Å²) in [5.74, 6) is -0.209. The van der Waals surface area contributed by atoms with Crippen molar-refractivity contribution in [3.63, 3.8) is 0 Å². The molecule has 1 fully saturated rings. The van der Waals surface area contributed by atoms with E-state index in [4.69, 9.17) is 5.11 Å². The van der Waals surface area contributed by atoms with Crippen molar-refractivity contribution in [1.29, 1.82) is 0 Å². The van der Waals surface area contributed by atoms with Crippen LogP contribution in [0.5, 0.6) is 0 Å². The summed E-state index contributed by atoms with van der Waals surface area (Å²) in [6, 6.07) is 1.85. The Kier molecular flexibility index (Phi) is 7.74. The highest BCUT2D eigenvalue weighted by Gasteiger charge is 2.14. The van der Waals surface area contributed by atoms with Gasteiger partial charge in [-0.2, -0.15) is 0 Å². The molecule has 128 valence electrons. The molecule has 1 aromatic heterocycles. The van der Waals surface area contributed by atoms with Crippen LogP contribution in [0.3, 0.4) is 0 Å². The molecule has 2 rings (SSSR count). The molecule has 2 heterocycles. The topological polar surface area (TPSA) is 72.8 Å². The Labute approximate surface area is 141 Å². The molecule has 1 amide bonds. The van der Waals surface area contributed by atoms with Gasteiger partial charge in [0.1, 0.15) is 0 Å². The summed E-state index contributed by atoms with van der Waals surface area (Å²) in [7, 11) is 0. The van der Waals surface area contributed by atoms with Gasteiger partial charge in [0.25, 0.3) is 0 Å². The molecule has 5 nitrogen and oxygen atoms in total. The lowest BCUT2D eigenvalue weighted by atomic mass is 10.2. The largest absolute Gasteiger partial charge is 0.392 e. The second kappa shape index (κ2) is 9.82. The molecule has 0 bridgehead atoms. The number of aliphatic hydroxyl groups is 2. The van der Waals surface area contributed by atoms with Gasteiger partial charge in [0.05, 0.1) is 12.7 Å². The third kappa shape index (κ3) is 6.83. The van der Waals surface area contributed by atoms with Crippen molar-refractivity contribution in [3.8, 4) is 0 Å². The lowest BCUT2D eigenvalue weighted by Gasteiger charge is -2.23. The zero-order valence-electron chi connectivity index (χ0n) is 13.4. The Morgan fingerprint density at radius 1 is 1.35 bits per heavy atom. The Bertz CT molecular complexity index is 508. The van der Waals surface area contributed by atoms with Crippen LogP contribution in [-0.2, 0) is 11.4 Å². The number of hydrogen-bond donors (Lipinski definition) is 3. The summed E-state index contributed by atoms with van der Waals surface area (Å²) < 4.78 is 0. The summed E-state index contributed by atoms with van der Waals surface area (Å²) in [5.41, 5.74) is 0.850. The van der Waals surface area contributed by atoms with Crippen molar-refractivity contribution in [2.75, 3.05) is 26.2 Å². The van der Waals surface area contributed by atoms with Crippen molar-refractivity contribution in [1.82, 2.24) is 10.2 Å². The van der Waals surface area contributed by atoms with Gasteiger partial charge >= 0.3 is 0 Å². The fraction of sp³-hybridized carbons (Fsp3) is 0.588. The molecule has 1 saturated heterocycles. The molecule has 1 aromatic rings. The predicted octanol–water partition coefficient (Wildman–Crippen LogP) is 1.61. The van der Waals surface area contributed by atoms with E-state index in [1.807, 2.05) is 11.4 Å². The second-order valence-electron chi connectivity index (χ2n) is 5.96. The van der Waals surface area contributed by atoms with Gasteiger partial charge in [0.2, 0.25) is 5.91 Å². The molecule has 1 aliphatic heterocycles. The van der Waals surface area contributed by atoms with Crippen molar-refractivity contribution >= 4 is 23.3 Å². The Hall–Kier alpha value is -1.21. The van der Waals surface area contributed by atoms with Crippen molar-refractivity contribution in [3.05, 3.63) is 28.0 Å². The molecule has 1 atom stereocenters. The monoisotopic (exact) mass is 338 g/mol. The number of nitrogens with one attached hydrogen (secondary N) is 1. The molecular weight excluding hydrogens is 312 g/mol. The van der Waals surface area contributed by atoms with E-state index in [1.54, 1.807) is 6.08 Å². The van der Waals surface area contributed by atoms with E-state index in [1.165, 1.54) is 43.1 Å². The average Bonchev–Trinajstić information content (AvgIpc) is 2.87. The molecule has 6 heteroatoms. The predicted molar refractivity (Wildman–Crippen MR) is 93.2 cm³/mol. The van der Waals surface area contributed by atoms with Crippen LogP contribution >= 0.6 is 11.3 Å². The van der Waals surface area contributed by atoms with Crippen molar-refractivity contribution < 1.29 is 15.0 Å². The van der Waals surface area contributed by atoms with E-state index in [-0.39, 0.29) is 19.1 Å². The number of rotatable bonds is 7. The van der Waals surface area contributed by atoms with Crippen LogP contribution in [0.15, 0.2) is 17.5 Å². The van der Waals surface area contributed by atoms with Gasteiger partial charge in [-0.15, -0.1) is 11.3 Å². The van der Waals surface area contributed by atoms with E-state index in [2.05, 4.69) is 10.2 Å². The first kappa shape index (κ1) is 18.1. The van der Waals surface area contributed by atoms with Crippen LogP contribution in [-0.4, -0.2) is 53.3 Å². The number of carbonyl (C=O) groups excluding carboxylic acids is 1. The minimum atomic E-state index is -0.534. The minimum Gasteiger partial charge on any atom is -0.392 e.